The number of ether oxygens (including phenoxy) is 1. The molecule has 1 fully saturated rings. The highest BCUT2D eigenvalue weighted by atomic mass is 19.1. The van der Waals surface area contributed by atoms with E-state index in [1.165, 1.54) is 12.1 Å². The lowest BCUT2D eigenvalue weighted by atomic mass is 10.1. The zero-order valence-corrected chi connectivity index (χ0v) is 18.0. The number of aryl methyl sites for hydroxylation is 1. The molecule has 1 aliphatic rings. The van der Waals surface area contributed by atoms with Crippen molar-refractivity contribution < 1.29 is 13.9 Å². The maximum atomic E-state index is 13.1. The van der Waals surface area contributed by atoms with Crippen LogP contribution >= 0.6 is 0 Å². The van der Waals surface area contributed by atoms with Crippen LogP contribution in [-0.2, 0) is 11.2 Å². The number of rotatable bonds is 7. The lowest BCUT2D eigenvalue weighted by Gasteiger charge is -2.39. The van der Waals surface area contributed by atoms with Crippen molar-refractivity contribution in [1.82, 2.24) is 19.9 Å². The molecule has 166 valence electrons. The minimum absolute atomic E-state index is 0.125. The van der Waals surface area contributed by atoms with Crippen LogP contribution in [0.4, 0.5) is 4.39 Å². The summed E-state index contributed by atoms with van der Waals surface area (Å²) in [6.45, 7) is 1.29. The molecule has 6 nitrogen and oxygen atoms in total. The van der Waals surface area contributed by atoms with Crippen molar-refractivity contribution in [2.24, 2.45) is 0 Å². The van der Waals surface area contributed by atoms with Gasteiger partial charge in [0.1, 0.15) is 23.0 Å². The van der Waals surface area contributed by atoms with Crippen LogP contribution in [0.1, 0.15) is 18.0 Å². The van der Waals surface area contributed by atoms with Crippen molar-refractivity contribution in [3.05, 3.63) is 96.4 Å². The molecule has 0 atom stereocenters. The number of benzene rings is 3. The third-order valence-electron chi connectivity index (χ3n) is 5.74. The van der Waals surface area contributed by atoms with Gasteiger partial charge in [-0.25, -0.2) is 9.07 Å². The molecule has 3 aromatic carbocycles. The molecule has 0 aliphatic carbocycles. The maximum absolute atomic E-state index is 13.1. The van der Waals surface area contributed by atoms with Crippen molar-refractivity contribution in [2.45, 2.75) is 18.9 Å². The van der Waals surface area contributed by atoms with E-state index in [0.29, 0.717) is 37.4 Å². The van der Waals surface area contributed by atoms with Crippen molar-refractivity contribution in [1.29, 1.82) is 0 Å². The van der Waals surface area contributed by atoms with Gasteiger partial charge < -0.3 is 9.64 Å². The highest BCUT2D eigenvalue weighted by Crippen LogP contribution is 2.25. The molecule has 0 saturated carbocycles. The van der Waals surface area contributed by atoms with Crippen LogP contribution in [-0.4, -0.2) is 38.9 Å². The van der Waals surface area contributed by atoms with Gasteiger partial charge in [0.2, 0.25) is 5.91 Å². The number of hydrogen-bond donors (Lipinski definition) is 0. The fraction of sp³-hybridized carbons (Fsp3) is 0.192. The fourth-order valence-electron chi connectivity index (χ4n) is 3.84. The van der Waals surface area contributed by atoms with Gasteiger partial charge in [-0.15, -0.1) is 5.10 Å². The Balaban J connectivity index is 1.12. The first kappa shape index (κ1) is 20.9. The molecule has 1 aromatic heterocycles. The van der Waals surface area contributed by atoms with Crippen LogP contribution in [0.25, 0.3) is 11.3 Å². The van der Waals surface area contributed by atoms with Crippen LogP contribution < -0.4 is 4.74 Å². The van der Waals surface area contributed by atoms with Crippen LogP contribution in [0.5, 0.6) is 11.5 Å². The monoisotopic (exact) mass is 442 g/mol. The smallest absolute Gasteiger partial charge is 0.223 e. The third kappa shape index (κ3) is 4.92. The summed E-state index contributed by atoms with van der Waals surface area (Å²) in [5, 5.41) is 8.50. The van der Waals surface area contributed by atoms with Gasteiger partial charge in [-0.05, 0) is 48.4 Å². The van der Waals surface area contributed by atoms with Crippen LogP contribution in [0.15, 0.2) is 85.1 Å². The van der Waals surface area contributed by atoms with E-state index in [2.05, 4.69) is 10.3 Å². The Kier molecular flexibility index (Phi) is 5.85. The van der Waals surface area contributed by atoms with Crippen LogP contribution in [0.2, 0.25) is 0 Å². The molecule has 33 heavy (non-hydrogen) atoms. The molecule has 2 heterocycles. The molecule has 1 saturated heterocycles. The standard InChI is InChI=1S/C26H23FN4O2/c27-21-10-12-23(13-11-21)33-24-8-4-5-19(15-24)9-14-26(32)30-16-22(17-30)31-18-25(28-29-31)20-6-2-1-3-7-20/h1-8,10-13,15,18,22H,9,14,16-17H2. The Hall–Kier alpha value is -4.00. The van der Waals surface area contributed by atoms with E-state index >= 15 is 0 Å². The van der Waals surface area contributed by atoms with Gasteiger partial charge in [0.25, 0.3) is 0 Å². The highest BCUT2D eigenvalue weighted by Gasteiger charge is 2.32. The molecular weight excluding hydrogens is 419 g/mol. The summed E-state index contributed by atoms with van der Waals surface area (Å²) in [4.78, 5) is 14.5. The van der Waals surface area contributed by atoms with Crippen molar-refractivity contribution >= 4 is 5.91 Å². The first-order valence-corrected chi connectivity index (χ1v) is 10.9. The predicted octanol–water partition coefficient (Wildman–Crippen LogP) is 4.89. The lowest BCUT2D eigenvalue weighted by Crippen LogP contribution is -2.50. The summed E-state index contributed by atoms with van der Waals surface area (Å²) in [6.07, 6.45) is 3.00. The lowest BCUT2D eigenvalue weighted by molar-refractivity contribution is -0.137. The summed E-state index contributed by atoms with van der Waals surface area (Å²) >= 11 is 0. The largest absolute Gasteiger partial charge is 0.457 e. The van der Waals surface area contributed by atoms with Gasteiger partial charge in [-0.3, -0.25) is 4.79 Å². The minimum atomic E-state index is -0.302. The van der Waals surface area contributed by atoms with Crippen LogP contribution in [0.3, 0.4) is 0 Å². The van der Waals surface area contributed by atoms with E-state index in [1.807, 2.05) is 70.4 Å². The molecule has 7 heteroatoms. The normalized spacial score (nSPS) is 13.5. The quantitative estimate of drug-likeness (QED) is 0.409. The molecule has 4 aromatic rings. The summed E-state index contributed by atoms with van der Waals surface area (Å²) in [7, 11) is 0. The van der Waals surface area contributed by atoms with Gasteiger partial charge in [-0.1, -0.05) is 47.7 Å². The number of nitrogens with zero attached hydrogens (tertiary/aromatic N) is 4. The second-order valence-corrected chi connectivity index (χ2v) is 8.11. The maximum Gasteiger partial charge on any atom is 0.223 e. The SMILES string of the molecule is O=C(CCc1cccc(Oc2ccc(F)cc2)c1)N1CC(n2cc(-c3ccccc3)nn2)C1. The molecule has 0 N–H and O–H groups in total. The summed E-state index contributed by atoms with van der Waals surface area (Å²) in [5.41, 5.74) is 2.88. The Morgan fingerprint density at radius 1 is 0.970 bits per heavy atom. The van der Waals surface area contributed by atoms with E-state index in [-0.39, 0.29) is 17.8 Å². The minimum Gasteiger partial charge on any atom is -0.457 e. The van der Waals surface area contributed by atoms with E-state index < -0.39 is 0 Å². The van der Waals surface area contributed by atoms with Gasteiger partial charge in [-0.2, -0.15) is 0 Å². The Morgan fingerprint density at radius 2 is 1.76 bits per heavy atom. The summed E-state index contributed by atoms with van der Waals surface area (Å²) < 4.78 is 20.7. The first-order chi connectivity index (χ1) is 16.1. The molecule has 0 radical (unpaired) electrons. The molecule has 0 unspecified atom stereocenters. The number of amides is 1. The molecule has 1 amide bonds. The number of carbonyl (C=O) groups is 1. The van der Waals surface area contributed by atoms with Gasteiger partial charge >= 0.3 is 0 Å². The summed E-state index contributed by atoms with van der Waals surface area (Å²) in [5.74, 6) is 1.05. The number of carbonyl (C=O) groups excluding carboxylic acids is 1. The number of aromatic nitrogens is 3. The van der Waals surface area contributed by atoms with Gasteiger partial charge in [0.05, 0.1) is 12.2 Å². The average molecular weight is 442 g/mol. The molecule has 0 bridgehead atoms. The number of halogens is 1. The zero-order valence-electron chi connectivity index (χ0n) is 18.0. The van der Waals surface area contributed by atoms with Crippen LogP contribution in [0, 0.1) is 5.82 Å². The van der Waals surface area contributed by atoms with E-state index in [0.717, 1.165) is 16.8 Å². The predicted molar refractivity (Wildman–Crippen MR) is 122 cm³/mol. The molecular formula is C26H23FN4O2. The first-order valence-electron chi connectivity index (χ1n) is 10.9. The Labute approximate surface area is 191 Å². The third-order valence-corrected chi connectivity index (χ3v) is 5.74. The number of hydrogen-bond acceptors (Lipinski definition) is 4. The molecule has 0 spiro atoms. The van der Waals surface area contributed by atoms with Gasteiger partial charge in [0.15, 0.2) is 0 Å². The fourth-order valence-corrected chi connectivity index (χ4v) is 3.84. The molecule has 5 rings (SSSR count). The Morgan fingerprint density at radius 3 is 2.55 bits per heavy atom. The zero-order chi connectivity index (χ0) is 22.6. The second kappa shape index (κ2) is 9.24. The highest BCUT2D eigenvalue weighted by molar-refractivity contribution is 5.77. The van der Waals surface area contributed by atoms with E-state index in [1.54, 1.807) is 12.1 Å². The van der Waals surface area contributed by atoms with Crippen molar-refractivity contribution in [3.63, 3.8) is 0 Å². The van der Waals surface area contributed by atoms with E-state index in [9.17, 15) is 9.18 Å². The van der Waals surface area contributed by atoms with E-state index in [4.69, 9.17) is 4.74 Å². The summed E-state index contributed by atoms with van der Waals surface area (Å²) in [6, 6.07) is 23.6. The van der Waals surface area contributed by atoms with Crippen molar-refractivity contribution in [3.8, 4) is 22.8 Å². The molecule has 1 aliphatic heterocycles. The average Bonchev–Trinajstić information content (AvgIpc) is 3.29. The topological polar surface area (TPSA) is 60.2 Å². The Bertz CT molecular complexity index is 1230. The number of likely N-dealkylation sites (tertiary alicyclic amines) is 1. The second-order valence-electron chi connectivity index (χ2n) is 8.11. The van der Waals surface area contributed by atoms with Gasteiger partial charge in [0, 0.05) is 25.1 Å². The van der Waals surface area contributed by atoms with Crippen molar-refractivity contribution in [2.75, 3.05) is 13.1 Å².